The summed E-state index contributed by atoms with van der Waals surface area (Å²) < 4.78 is 0. The molecule has 4 nitrogen and oxygen atoms in total. The Hall–Kier alpha value is -1.13. The van der Waals surface area contributed by atoms with Crippen LogP contribution in [0.15, 0.2) is 18.3 Å². The second-order valence-corrected chi connectivity index (χ2v) is 4.43. The van der Waals surface area contributed by atoms with E-state index in [1.165, 1.54) is 0 Å². The average Bonchev–Trinajstić information content (AvgIpc) is 2.43. The van der Waals surface area contributed by atoms with Crippen LogP contribution in [-0.2, 0) is 0 Å². The van der Waals surface area contributed by atoms with E-state index in [0.717, 1.165) is 25.1 Å². The SMILES string of the molecule is CCCCN(CCO)c1ccc([C@@H](O)CC)nc1. The number of anilines is 1. The summed E-state index contributed by atoms with van der Waals surface area (Å²) in [6.45, 7) is 5.77. The Balaban J connectivity index is 2.73. The van der Waals surface area contributed by atoms with Gasteiger partial charge in [0.1, 0.15) is 0 Å². The zero-order chi connectivity index (χ0) is 13.4. The first kappa shape index (κ1) is 14.9. The van der Waals surface area contributed by atoms with E-state index in [1.54, 1.807) is 6.20 Å². The summed E-state index contributed by atoms with van der Waals surface area (Å²) in [7, 11) is 0. The largest absolute Gasteiger partial charge is 0.395 e. The fraction of sp³-hybridized carbons (Fsp3) is 0.643. The van der Waals surface area contributed by atoms with Gasteiger partial charge in [-0.1, -0.05) is 20.3 Å². The first-order chi connectivity index (χ1) is 8.72. The molecule has 1 heterocycles. The Morgan fingerprint density at radius 3 is 2.56 bits per heavy atom. The second-order valence-electron chi connectivity index (χ2n) is 4.43. The van der Waals surface area contributed by atoms with E-state index >= 15 is 0 Å². The molecule has 0 aromatic carbocycles. The minimum Gasteiger partial charge on any atom is -0.395 e. The van der Waals surface area contributed by atoms with Crippen LogP contribution < -0.4 is 4.90 Å². The van der Waals surface area contributed by atoms with Crippen molar-refractivity contribution in [1.29, 1.82) is 0 Å². The van der Waals surface area contributed by atoms with Gasteiger partial charge in [0.05, 0.1) is 30.3 Å². The second kappa shape index (κ2) is 8.06. The standard InChI is InChI=1S/C14H24N2O2/c1-3-5-8-16(9-10-17)12-6-7-13(15-11-12)14(18)4-2/h6-7,11,14,17-18H,3-5,8-10H2,1-2H3/t14-/m0/s1. The lowest BCUT2D eigenvalue weighted by Crippen LogP contribution is -2.27. The van der Waals surface area contributed by atoms with Crippen LogP contribution in [0, 0.1) is 0 Å². The number of rotatable bonds is 8. The molecule has 0 bridgehead atoms. The molecule has 1 atom stereocenters. The quantitative estimate of drug-likeness (QED) is 0.744. The summed E-state index contributed by atoms with van der Waals surface area (Å²) in [5.41, 5.74) is 1.71. The van der Waals surface area contributed by atoms with E-state index in [0.29, 0.717) is 18.7 Å². The lowest BCUT2D eigenvalue weighted by atomic mass is 10.2. The molecule has 0 saturated carbocycles. The van der Waals surface area contributed by atoms with Gasteiger partial charge in [0, 0.05) is 13.1 Å². The van der Waals surface area contributed by atoms with E-state index in [-0.39, 0.29) is 6.61 Å². The first-order valence-corrected chi connectivity index (χ1v) is 6.72. The zero-order valence-corrected chi connectivity index (χ0v) is 11.3. The molecule has 0 fully saturated rings. The molecule has 4 heteroatoms. The fourth-order valence-corrected chi connectivity index (χ4v) is 1.83. The van der Waals surface area contributed by atoms with Gasteiger partial charge >= 0.3 is 0 Å². The van der Waals surface area contributed by atoms with Crippen LogP contribution in [0.4, 0.5) is 5.69 Å². The van der Waals surface area contributed by atoms with Crippen LogP contribution in [0.25, 0.3) is 0 Å². The number of nitrogens with zero attached hydrogens (tertiary/aromatic N) is 2. The van der Waals surface area contributed by atoms with E-state index in [2.05, 4.69) is 16.8 Å². The average molecular weight is 252 g/mol. The summed E-state index contributed by atoms with van der Waals surface area (Å²) in [4.78, 5) is 6.41. The number of hydrogen-bond acceptors (Lipinski definition) is 4. The molecule has 18 heavy (non-hydrogen) atoms. The Kier molecular flexibility index (Phi) is 6.68. The molecule has 1 rings (SSSR count). The number of aromatic nitrogens is 1. The highest BCUT2D eigenvalue weighted by Crippen LogP contribution is 2.18. The zero-order valence-electron chi connectivity index (χ0n) is 11.3. The maximum atomic E-state index is 9.69. The van der Waals surface area contributed by atoms with Gasteiger partial charge in [0.25, 0.3) is 0 Å². The minimum atomic E-state index is -0.485. The van der Waals surface area contributed by atoms with Crippen LogP contribution in [0.1, 0.15) is 44.9 Å². The van der Waals surface area contributed by atoms with Crippen LogP contribution >= 0.6 is 0 Å². The molecular weight excluding hydrogens is 228 g/mol. The maximum Gasteiger partial charge on any atom is 0.0957 e. The smallest absolute Gasteiger partial charge is 0.0957 e. The highest BCUT2D eigenvalue weighted by molar-refractivity contribution is 5.44. The third-order valence-electron chi connectivity index (χ3n) is 3.02. The van der Waals surface area contributed by atoms with Crippen molar-refractivity contribution in [2.24, 2.45) is 0 Å². The fourth-order valence-electron chi connectivity index (χ4n) is 1.83. The van der Waals surface area contributed by atoms with Gasteiger partial charge in [-0.05, 0) is 25.0 Å². The van der Waals surface area contributed by atoms with Gasteiger partial charge < -0.3 is 15.1 Å². The van der Waals surface area contributed by atoms with Gasteiger partial charge in [-0.3, -0.25) is 4.98 Å². The van der Waals surface area contributed by atoms with E-state index in [4.69, 9.17) is 5.11 Å². The predicted octanol–water partition coefficient (Wildman–Crippen LogP) is 2.12. The number of unbranched alkanes of at least 4 members (excludes halogenated alkanes) is 1. The number of aliphatic hydroxyl groups excluding tert-OH is 2. The van der Waals surface area contributed by atoms with Crippen molar-refractivity contribution in [2.75, 3.05) is 24.6 Å². The van der Waals surface area contributed by atoms with Crippen molar-refractivity contribution in [3.63, 3.8) is 0 Å². The van der Waals surface area contributed by atoms with Crippen LogP contribution in [-0.4, -0.2) is 34.9 Å². The van der Waals surface area contributed by atoms with Crippen LogP contribution in [0.2, 0.25) is 0 Å². The van der Waals surface area contributed by atoms with Crippen molar-refractivity contribution < 1.29 is 10.2 Å². The van der Waals surface area contributed by atoms with E-state index in [1.807, 2.05) is 19.1 Å². The number of pyridine rings is 1. The highest BCUT2D eigenvalue weighted by atomic mass is 16.3. The molecule has 1 aromatic heterocycles. The normalized spacial score (nSPS) is 12.4. The van der Waals surface area contributed by atoms with Crippen molar-refractivity contribution >= 4 is 5.69 Å². The molecule has 0 aliphatic rings. The van der Waals surface area contributed by atoms with Crippen LogP contribution in [0.5, 0.6) is 0 Å². The van der Waals surface area contributed by atoms with Crippen molar-refractivity contribution in [3.05, 3.63) is 24.0 Å². The van der Waals surface area contributed by atoms with Gasteiger partial charge in [-0.2, -0.15) is 0 Å². The predicted molar refractivity (Wildman–Crippen MR) is 73.7 cm³/mol. The molecule has 0 spiro atoms. The Morgan fingerprint density at radius 2 is 2.06 bits per heavy atom. The third-order valence-corrected chi connectivity index (χ3v) is 3.02. The molecule has 102 valence electrons. The Bertz CT molecular complexity index is 327. The molecule has 0 unspecified atom stereocenters. The van der Waals surface area contributed by atoms with Crippen LogP contribution in [0.3, 0.4) is 0 Å². The lowest BCUT2D eigenvalue weighted by Gasteiger charge is -2.23. The topological polar surface area (TPSA) is 56.6 Å². The van der Waals surface area contributed by atoms with Gasteiger partial charge in [-0.15, -0.1) is 0 Å². The summed E-state index contributed by atoms with van der Waals surface area (Å²) in [6, 6.07) is 3.83. The Morgan fingerprint density at radius 1 is 1.28 bits per heavy atom. The molecule has 0 aliphatic heterocycles. The summed E-state index contributed by atoms with van der Waals surface area (Å²) in [6.07, 6.45) is 4.18. The van der Waals surface area contributed by atoms with Crippen molar-refractivity contribution in [1.82, 2.24) is 4.98 Å². The number of hydrogen-bond donors (Lipinski definition) is 2. The van der Waals surface area contributed by atoms with Crippen molar-refractivity contribution in [2.45, 2.75) is 39.2 Å². The molecule has 0 aliphatic carbocycles. The molecule has 0 saturated heterocycles. The molecule has 1 aromatic rings. The first-order valence-electron chi connectivity index (χ1n) is 6.72. The molecule has 0 amide bonds. The minimum absolute atomic E-state index is 0.142. The molecular formula is C14H24N2O2. The van der Waals surface area contributed by atoms with Gasteiger partial charge in [0.2, 0.25) is 0 Å². The van der Waals surface area contributed by atoms with Gasteiger partial charge in [-0.25, -0.2) is 0 Å². The molecule has 0 radical (unpaired) electrons. The van der Waals surface area contributed by atoms with E-state index in [9.17, 15) is 5.11 Å². The highest BCUT2D eigenvalue weighted by Gasteiger charge is 2.09. The third kappa shape index (κ3) is 4.27. The summed E-state index contributed by atoms with van der Waals surface area (Å²) in [5, 5.41) is 18.8. The number of aliphatic hydroxyl groups is 2. The molecule has 2 N–H and O–H groups in total. The van der Waals surface area contributed by atoms with Gasteiger partial charge in [0.15, 0.2) is 0 Å². The van der Waals surface area contributed by atoms with E-state index < -0.39 is 6.10 Å². The van der Waals surface area contributed by atoms with Crippen molar-refractivity contribution in [3.8, 4) is 0 Å². The lowest BCUT2D eigenvalue weighted by molar-refractivity contribution is 0.169. The summed E-state index contributed by atoms with van der Waals surface area (Å²) >= 11 is 0. The monoisotopic (exact) mass is 252 g/mol. The summed E-state index contributed by atoms with van der Waals surface area (Å²) in [5.74, 6) is 0. The Labute approximate surface area is 109 Å². The maximum absolute atomic E-state index is 9.69.